The molecule has 0 amide bonds. The van der Waals surface area contributed by atoms with Crippen LogP contribution in [0.5, 0.6) is 11.5 Å². The van der Waals surface area contributed by atoms with Gasteiger partial charge in [-0.1, -0.05) is 6.07 Å². The molecule has 0 fully saturated rings. The fraction of sp³-hybridized carbons (Fsp3) is 0.278. The molecular weight excluding hydrogens is 350 g/mol. The lowest BCUT2D eigenvalue weighted by atomic mass is 9.85. The average Bonchev–Trinajstić information content (AvgIpc) is 3.17. The van der Waals surface area contributed by atoms with Crippen LogP contribution in [0, 0.1) is 25.2 Å². The summed E-state index contributed by atoms with van der Waals surface area (Å²) in [6, 6.07) is 7.01. The van der Waals surface area contributed by atoms with Crippen LogP contribution in [-0.4, -0.2) is 34.1 Å². The third-order valence-corrected chi connectivity index (χ3v) is 4.41. The first kappa shape index (κ1) is 18.1. The van der Waals surface area contributed by atoms with Crippen molar-refractivity contribution < 1.29 is 9.47 Å². The molecule has 0 atom stereocenters. The van der Waals surface area contributed by atoms with Crippen molar-refractivity contribution in [1.29, 1.82) is 5.26 Å². The summed E-state index contributed by atoms with van der Waals surface area (Å²) < 4.78 is 10.7. The molecule has 9 heteroatoms. The molecule has 27 heavy (non-hydrogen) atoms. The molecule has 0 saturated heterocycles. The normalized spacial score (nSPS) is 10.8. The van der Waals surface area contributed by atoms with Gasteiger partial charge in [0.05, 0.1) is 18.2 Å². The predicted molar refractivity (Wildman–Crippen MR) is 97.3 cm³/mol. The summed E-state index contributed by atoms with van der Waals surface area (Å²) in [6.07, 6.45) is 0. The second kappa shape index (κ2) is 7.29. The van der Waals surface area contributed by atoms with E-state index >= 15 is 0 Å². The van der Waals surface area contributed by atoms with Crippen molar-refractivity contribution in [3.63, 3.8) is 0 Å². The van der Waals surface area contributed by atoms with Gasteiger partial charge in [-0.05, 0) is 31.5 Å². The van der Waals surface area contributed by atoms with Gasteiger partial charge in [-0.15, -0.1) is 0 Å². The molecule has 0 unspecified atom stereocenters. The molecule has 0 aliphatic rings. The van der Waals surface area contributed by atoms with Crippen LogP contribution in [-0.2, 0) is 0 Å². The molecule has 4 N–H and O–H groups in total. The SMILES string of the molecule is COc1cc(C(c2c(C)[nH][nH]c2=O)c2c(C)[nH][nH]c2=O)ccc1OCC#N. The van der Waals surface area contributed by atoms with Gasteiger partial charge in [-0.3, -0.25) is 19.8 Å². The fourth-order valence-corrected chi connectivity index (χ4v) is 3.18. The number of nitrogens with zero attached hydrogens (tertiary/aromatic N) is 1. The standard InChI is InChI=1S/C18H19N5O4/c1-9-14(17(24)22-20-9)16(15-10(2)21-23-18(15)25)11-4-5-12(27-7-6-19)13(8-11)26-3/h4-5,8,16H,7H2,1-3H3,(H2,20,22,24)(H2,21,23,25). The number of rotatable bonds is 6. The van der Waals surface area contributed by atoms with Crippen molar-refractivity contribution in [3.8, 4) is 17.6 Å². The van der Waals surface area contributed by atoms with E-state index in [9.17, 15) is 9.59 Å². The third kappa shape index (κ3) is 3.25. The van der Waals surface area contributed by atoms with Crippen LogP contribution < -0.4 is 20.6 Å². The number of methoxy groups -OCH3 is 1. The number of ether oxygens (including phenoxy) is 2. The molecule has 2 heterocycles. The van der Waals surface area contributed by atoms with E-state index in [2.05, 4.69) is 20.4 Å². The third-order valence-electron chi connectivity index (χ3n) is 4.41. The molecule has 0 aliphatic heterocycles. The minimum Gasteiger partial charge on any atom is -0.493 e. The number of hydrogen-bond acceptors (Lipinski definition) is 5. The number of hydrogen-bond donors (Lipinski definition) is 4. The highest BCUT2D eigenvalue weighted by Gasteiger charge is 2.28. The largest absolute Gasteiger partial charge is 0.493 e. The summed E-state index contributed by atoms with van der Waals surface area (Å²) in [4.78, 5) is 24.9. The van der Waals surface area contributed by atoms with E-state index in [1.807, 2.05) is 6.07 Å². The van der Waals surface area contributed by atoms with Crippen LogP contribution in [0.3, 0.4) is 0 Å². The van der Waals surface area contributed by atoms with Crippen LogP contribution in [0.4, 0.5) is 0 Å². The first-order valence-corrected chi connectivity index (χ1v) is 8.19. The average molecular weight is 369 g/mol. The van der Waals surface area contributed by atoms with E-state index < -0.39 is 5.92 Å². The van der Waals surface area contributed by atoms with Crippen LogP contribution in [0.25, 0.3) is 0 Å². The molecule has 0 radical (unpaired) electrons. The first-order valence-electron chi connectivity index (χ1n) is 8.19. The Balaban J connectivity index is 2.22. The molecular formula is C18H19N5O4. The quantitative estimate of drug-likeness (QED) is 0.520. The van der Waals surface area contributed by atoms with Gasteiger partial charge in [0.1, 0.15) is 6.07 Å². The molecule has 140 valence electrons. The lowest BCUT2D eigenvalue weighted by molar-refractivity contribution is 0.329. The minimum atomic E-state index is -0.617. The fourth-order valence-electron chi connectivity index (χ4n) is 3.18. The summed E-state index contributed by atoms with van der Waals surface area (Å²) in [5.74, 6) is 0.192. The van der Waals surface area contributed by atoms with Crippen molar-refractivity contribution in [2.75, 3.05) is 13.7 Å². The number of aryl methyl sites for hydroxylation is 2. The van der Waals surface area contributed by atoms with E-state index in [4.69, 9.17) is 14.7 Å². The number of nitrogens with one attached hydrogen (secondary N) is 4. The molecule has 0 bridgehead atoms. The molecule has 9 nitrogen and oxygen atoms in total. The van der Waals surface area contributed by atoms with Crippen molar-refractivity contribution in [3.05, 3.63) is 67.0 Å². The van der Waals surface area contributed by atoms with E-state index in [1.165, 1.54) is 7.11 Å². The molecule has 3 aromatic rings. The molecule has 1 aromatic carbocycles. The summed E-state index contributed by atoms with van der Waals surface area (Å²) in [5.41, 5.74) is 2.22. The maximum Gasteiger partial charge on any atom is 0.268 e. The lowest BCUT2D eigenvalue weighted by Crippen LogP contribution is -2.20. The Labute approximate surface area is 153 Å². The Morgan fingerprint density at radius 2 is 1.59 bits per heavy atom. The number of nitriles is 1. The Morgan fingerprint density at radius 3 is 2.04 bits per heavy atom. The molecule has 2 aromatic heterocycles. The highest BCUT2D eigenvalue weighted by Crippen LogP contribution is 2.36. The van der Waals surface area contributed by atoms with Gasteiger partial charge in [0.2, 0.25) is 0 Å². The Hall–Kier alpha value is -3.67. The zero-order valence-electron chi connectivity index (χ0n) is 15.1. The highest BCUT2D eigenvalue weighted by atomic mass is 16.5. The van der Waals surface area contributed by atoms with Crippen molar-refractivity contribution in [2.24, 2.45) is 0 Å². The van der Waals surface area contributed by atoms with E-state index in [1.54, 1.807) is 32.0 Å². The number of aromatic amines is 4. The number of benzene rings is 1. The van der Waals surface area contributed by atoms with Gasteiger partial charge in [0.25, 0.3) is 11.1 Å². The van der Waals surface area contributed by atoms with Gasteiger partial charge in [0, 0.05) is 17.3 Å². The van der Waals surface area contributed by atoms with Crippen molar-refractivity contribution >= 4 is 0 Å². The molecule has 0 aliphatic carbocycles. The molecule has 0 spiro atoms. The Bertz CT molecular complexity index is 1060. The van der Waals surface area contributed by atoms with E-state index in [-0.39, 0.29) is 17.7 Å². The van der Waals surface area contributed by atoms with Gasteiger partial charge in [0.15, 0.2) is 18.1 Å². The van der Waals surface area contributed by atoms with Crippen LogP contribution in [0.2, 0.25) is 0 Å². The summed E-state index contributed by atoms with van der Waals surface area (Å²) in [7, 11) is 1.48. The van der Waals surface area contributed by atoms with Crippen molar-refractivity contribution in [1.82, 2.24) is 20.4 Å². The molecule has 0 saturated carbocycles. The summed E-state index contributed by atoms with van der Waals surface area (Å²) in [5, 5.41) is 19.4. The zero-order chi connectivity index (χ0) is 19.6. The van der Waals surface area contributed by atoms with Gasteiger partial charge >= 0.3 is 0 Å². The Kier molecular flexibility index (Phi) is 4.90. The van der Waals surface area contributed by atoms with Crippen LogP contribution in [0.1, 0.15) is 34.0 Å². The summed E-state index contributed by atoms with van der Waals surface area (Å²) in [6.45, 7) is 3.41. The van der Waals surface area contributed by atoms with E-state index in [0.717, 1.165) is 0 Å². The topological polar surface area (TPSA) is 140 Å². The second-order valence-corrected chi connectivity index (χ2v) is 6.03. The number of aromatic nitrogens is 4. The summed E-state index contributed by atoms with van der Waals surface area (Å²) >= 11 is 0. The minimum absolute atomic E-state index is 0.119. The zero-order valence-corrected chi connectivity index (χ0v) is 15.1. The smallest absolute Gasteiger partial charge is 0.268 e. The first-order chi connectivity index (χ1) is 13.0. The second-order valence-electron chi connectivity index (χ2n) is 6.03. The van der Waals surface area contributed by atoms with Crippen molar-refractivity contribution in [2.45, 2.75) is 19.8 Å². The maximum atomic E-state index is 12.4. The van der Waals surface area contributed by atoms with Crippen LogP contribution in [0.15, 0.2) is 27.8 Å². The van der Waals surface area contributed by atoms with E-state index in [0.29, 0.717) is 39.6 Å². The van der Waals surface area contributed by atoms with Gasteiger partial charge < -0.3 is 19.7 Å². The molecule has 3 rings (SSSR count). The highest BCUT2D eigenvalue weighted by molar-refractivity contribution is 5.50. The maximum absolute atomic E-state index is 12.4. The van der Waals surface area contributed by atoms with Gasteiger partial charge in [-0.25, -0.2) is 0 Å². The Morgan fingerprint density at radius 1 is 1.00 bits per heavy atom. The van der Waals surface area contributed by atoms with Crippen LogP contribution >= 0.6 is 0 Å². The monoisotopic (exact) mass is 369 g/mol. The van der Waals surface area contributed by atoms with Gasteiger partial charge in [-0.2, -0.15) is 5.26 Å². The lowest BCUT2D eigenvalue weighted by Gasteiger charge is -2.18. The number of H-pyrrole nitrogens is 4. The predicted octanol–water partition coefficient (Wildman–Crippen LogP) is 1.43.